The molecule has 5 nitrogen and oxygen atoms in total. The molecule has 0 radical (unpaired) electrons. The Kier molecular flexibility index (Phi) is 10.5. The topological polar surface area (TPSA) is 48.0 Å². The van der Waals surface area contributed by atoms with Gasteiger partial charge in [-0.1, -0.05) is 91.0 Å². The molecule has 0 spiro atoms. The average molecular weight is 564 g/mol. The number of hydrogen-bond acceptors (Lipinski definition) is 4. The number of halogens is 2. The van der Waals surface area contributed by atoms with Gasteiger partial charge in [-0.25, -0.2) is 8.78 Å². The second kappa shape index (κ2) is 14.7. The molecular weight excluding hydrogens is 524 g/mol. The van der Waals surface area contributed by atoms with E-state index in [9.17, 15) is 13.6 Å². The highest BCUT2D eigenvalue weighted by Crippen LogP contribution is 2.35. The molecule has 2 fully saturated rings. The van der Waals surface area contributed by atoms with Crippen molar-refractivity contribution in [1.82, 2.24) is 4.90 Å². The van der Waals surface area contributed by atoms with E-state index in [1.54, 1.807) is 0 Å². The van der Waals surface area contributed by atoms with Gasteiger partial charge in [-0.15, -0.1) is 0 Å². The van der Waals surface area contributed by atoms with Gasteiger partial charge in [0.1, 0.15) is 18.3 Å². The highest BCUT2D eigenvalue weighted by molar-refractivity contribution is 5.79. The summed E-state index contributed by atoms with van der Waals surface area (Å²) in [5.74, 6) is -0.864. The minimum atomic E-state index is -2.32. The van der Waals surface area contributed by atoms with Gasteiger partial charge in [0.2, 0.25) is 12.3 Å². The lowest BCUT2D eigenvalue weighted by Gasteiger charge is -2.44. The highest BCUT2D eigenvalue weighted by Gasteiger charge is 2.43. The fraction of sp³-hybridized carbons (Fsp3) is 0.441. The van der Waals surface area contributed by atoms with E-state index in [1.807, 2.05) is 95.9 Å². The van der Waals surface area contributed by atoms with E-state index in [-0.39, 0.29) is 11.8 Å². The van der Waals surface area contributed by atoms with Crippen LogP contribution in [0.15, 0.2) is 91.0 Å². The summed E-state index contributed by atoms with van der Waals surface area (Å²) in [6, 6.07) is 29.8. The van der Waals surface area contributed by atoms with Crippen LogP contribution in [0.25, 0.3) is 0 Å². The summed E-state index contributed by atoms with van der Waals surface area (Å²) >= 11 is 0. The Labute approximate surface area is 241 Å². The zero-order chi connectivity index (χ0) is 28.4. The SMILES string of the molecule is O=C(C1CCC(C(F)F)CC1)N1C[C@H](OCc2ccccc2)C(OCc2ccccc2)[C@H](OCc2ccccc2)C1. The first-order valence-electron chi connectivity index (χ1n) is 14.6. The number of benzene rings is 3. The van der Waals surface area contributed by atoms with E-state index < -0.39 is 30.7 Å². The second-order valence-corrected chi connectivity index (χ2v) is 11.1. The Morgan fingerprint density at radius 1 is 0.659 bits per heavy atom. The minimum absolute atomic E-state index is 0.000785. The molecule has 7 heteroatoms. The molecule has 3 aromatic carbocycles. The van der Waals surface area contributed by atoms with E-state index in [0.717, 1.165) is 16.7 Å². The fourth-order valence-corrected chi connectivity index (χ4v) is 5.84. The summed E-state index contributed by atoms with van der Waals surface area (Å²) in [5.41, 5.74) is 3.11. The highest BCUT2D eigenvalue weighted by atomic mass is 19.3. The van der Waals surface area contributed by atoms with Gasteiger partial charge >= 0.3 is 0 Å². The van der Waals surface area contributed by atoms with Gasteiger partial charge in [-0.2, -0.15) is 0 Å². The van der Waals surface area contributed by atoms with Crippen molar-refractivity contribution in [3.63, 3.8) is 0 Å². The first kappa shape index (κ1) is 29.4. The molecule has 1 amide bonds. The summed E-state index contributed by atoms with van der Waals surface area (Å²) in [5, 5.41) is 0. The summed E-state index contributed by atoms with van der Waals surface area (Å²) in [6.45, 7) is 1.89. The Bertz CT molecular complexity index is 1140. The Morgan fingerprint density at radius 3 is 1.49 bits per heavy atom. The van der Waals surface area contributed by atoms with Crippen molar-refractivity contribution in [1.29, 1.82) is 0 Å². The minimum Gasteiger partial charge on any atom is -0.369 e. The van der Waals surface area contributed by atoms with Gasteiger partial charge in [0, 0.05) is 24.9 Å². The van der Waals surface area contributed by atoms with Crippen molar-refractivity contribution in [2.75, 3.05) is 13.1 Å². The molecule has 5 rings (SSSR count). The number of nitrogens with zero attached hydrogens (tertiary/aromatic N) is 1. The third kappa shape index (κ3) is 8.22. The number of alkyl halides is 2. The zero-order valence-corrected chi connectivity index (χ0v) is 23.3. The Morgan fingerprint density at radius 2 is 1.07 bits per heavy atom. The number of hydrogen-bond donors (Lipinski definition) is 0. The quantitative estimate of drug-likeness (QED) is 0.262. The molecule has 41 heavy (non-hydrogen) atoms. The number of piperidine rings is 1. The maximum atomic E-state index is 13.7. The molecule has 3 atom stereocenters. The number of ether oxygens (including phenoxy) is 3. The van der Waals surface area contributed by atoms with Crippen LogP contribution in [0.2, 0.25) is 0 Å². The number of rotatable bonds is 11. The lowest BCUT2D eigenvalue weighted by Crippen LogP contribution is -2.60. The van der Waals surface area contributed by atoms with Crippen LogP contribution < -0.4 is 0 Å². The molecule has 0 bridgehead atoms. The number of carbonyl (C=O) groups excluding carboxylic acids is 1. The first-order chi connectivity index (χ1) is 20.1. The molecular formula is C34H39F2NO4. The summed E-state index contributed by atoms with van der Waals surface area (Å²) in [4.78, 5) is 15.6. The van der Waals surface area contributed by atoms with Crippen LogP contribution in [0.1, 0.15) is 42.4 Å². The largest absolute Gasteiger partial charge is 0.369 e. The second-order valence-electron chi connectivity index (χ2n) is 11.1. The molecule has 0 aromatic heterocycles. The Balaban J connectivity index is 1.34. The molecule has 2 aliphatic rings. The van der Waals surface area contributed by atoms with Gasteiger partial charge in [0.15, 0.2) is 0 Å². The molecule has 1 heterocycles. The van der Waals surface area contributed by atoms with Crippen molar-refractivity contribution < 1.29 is 27.8 Å². The fourth-order valence-electron chi connectivity index (χ4n) is 5.84. The Hall–Kier alpha value is -3.13. The van der Waals surface area contributed by atoms with Gasteiger partial charge < -0.3 is 19.1 Å². The third-order valence-electron chi connectivity index (χ3n) is 8.22. The maximum Gasteiger partial charge on any atom is 0.241 e. The van der Waals surface area contributed by atoms with Crippen LogP contribution in [0.5, 0.6) is 0 Å². The third-order valence-corrected chi connectivity index (χ3v) is 8.22. The van der Waals surface area contributed by atoms with Crippen LogP contribution in [-0.2, 0) is 38.8 Å². The van der Waals surface area contributed by atoms with Crippen molar-refractivity contribution >= 4 is 5.91 Å². The first-order valence-corrected chi connectivity index (χ1v) is 14.6. The summed E-state index contributed by atoms with van der Waals surface area (Å²) < 4.78 is 46.0. The van der Waals surface area contributed by atoms with Crippen LogP contribution >= 0.6 is 0 Å². The molecule has 1 aliphatic carbocycles. The van der Waals surface area contributed by atoms with E-state index in [4.69, 9.17) is 14.2 Å². The molecule has 0 N–H and O–H groups in total. The molecule has 3 aromatic rings. The molecule has 1 aliphatic heterocycles. The van der Waals surface area contributed by atoms with Gasteiger partial charge in [-0.05, 0) is 42.4 Å². The van der Waals surface area contributed by atoms with Gasteiger partial charge in [0.05, 0.1) is 19.8 Å². The van der Waals surface area contributed by atoms with E-state index in [2.05, 4.69) is 0 Å². The number of amides is 1. The van der Waals surface area contributed by atoms with E-state index in [0.29, 0.717) is 58.6 Å². The van der Waals surface area contributed by atoms with Crippen LogP contribution in [0, 0.1) is 11.8 Å². The van der Waals surface area contributed by atoms with Crippen LogP contribution in [0.3, 0.4) is 0 Å². The van der Waals surface area contributed by atoms with E-state index >= 15 is 0 Å². The lowest BCUT2D eigenvalue weighted by atomic mass is 9.81. The molecule has 1 saturated heterocycles. The number of carbonyl (C=O) groups is 1. The van der Waals surface area contributed by atoms with Gasteiger partial charge in [-0.3, -0.25) is 4.79 Å². The maximum absolute atomic E-state index is 13.7. The standard InChI is InChI=1S/C34H39F2NO4/c35-33(36)28-16-18-29(19-17-28)34(38)37-20-30(39-22-25-10-4-1-5-11-25)32(41-24-27-14-8-3-9-15-27)31(21-37)40-23-26-12-6-2-7-13-26/h1-15,28-33H,16-24H2/t28?,29?,30-,31+,32?. The normalized spacial score (nSPS) is 24.9. The summed E-state index contributed by atoms with van der Waals surface area (Å²) in [7, 11) is 0. The smallest absolute Gasteiger partial charge is 0.241 e. The van der Waals surface area contributed by atoms with Crippen molar-refractivity contribution in [3.05, 3.63) is 108 Å². The van der Waals surface area contributed by atoms with Gasteiger partial charge in [0.25, 0.3) is 0 Å². The number of likely N-dealkylation sites (tertiary alicyclic amines) is 1. The van der Waals surface area contributed by atoms with Crippen molar-refractivity contribution in [2.24, 2.45) is 11.8 Å². The molecule has 1 unspecified atom stereocenters. The van der Waals surface area contributed by atoms with Crippen molar-refractivity contribution in [2.45, 2.75) is 70.2 Å². The lowest BCUT2D eigenvalue weighted by molar-refractivity contribution is -0.190. The van der Waals surface area contributed by atoms with E-state index in [1.165, 1.54) is 0 Å². The summed E-state index contributed by atoms with van der Waals surface area (Å²) in [6.07, 6.45) is -1.83. The zero-order valence-electron chi connectivity index (χ0n) is 23.3. The van der Waals surface area contributed by atoms with Crippen LogP contribution in [0.4, 0.5) is 8.78 Å². The van der Waals surface area contributed by atoms with Crippen LogP contribution in [-0.4, -0.2) is 48.6 Å². The van der Waals surface area contributed by atoms with Crippen molar-refractivity contribution in [3.8, 4) is 0 Å². The average Bonchev–Trinajstić information content (AvgIpc) is 3.03. The molecule has 1 saturated carbocycles. The predicted molar refractivity (Wildman–Crippen MR) is 153 cm³/mol. The predicted octanol–water partition coefficient (Wildman–Crippen LogP) is 6.66. The molecule has 218 valence electrons. The monoisotopic (exact) mass is 563 g/mol.